The van der Waals surface area contributed by atoms with Gasteiger partial charge in [-0.3, -0.25) is 0 Å². The van der Waals surface area contributed by atoms with Gasteiger partial charge in [-0.2, -0.15) is 0 Å². The van der Waals surface area contributed by atoms with E-state index in [0.29, 0.717) is 0 Å². The Hall–Kier alpha value is -0.0400. The highest BCUT2D eigenvalue weighted by Gasteiger charge is 2.20. The highest BCUT2D eigenvalue weighted by atomic mass is 15.0. The maximum Gasteiger partial charge on any atom is 0.0366 e. The molecule has 2 aliphatic rings. The Morgan fingerprint density at radius 1 is 0.833 bits per heavy atom. The van der Waals surface area contributed by atoms with Crippen LogP contribution in [0.2, 0.25) is 0 Å². The summed E-state index contributed by atoms with van der Waals surface area (Å²) in [6, 6.07) is 2.49. The minimum Gasteiger partial charge on any atom is -0.307 e. The summed E-state index contributed by atoms with van der Waals surface area (Å²) in [6.45, 7) is 0. The zero-order valence-corrected chi connectivity index (χ0v) is 7.94. The molecule has 1 N–H and O–H groups in total. The van der Waals surface area contributed by atoms with E-state index in [1.54, 1.807) is 6.04 Å². The topological polar surface area (TPSA) is 12.0 Å². The van der Waals surface area contributed by atoms with Crippen LogP contribution in [0.4, 0.5) is 0 Å². The van der Waals surface area contributed by atoms with Crippen molar-refractivity contribution in [2.24, 2.45) is 0 Å². The summed E-state index contributed by atoms with van der Waals surface area (Å²) in [5.74, 6) is 0. The molecule has 0 aromatic carbocycles. The molecular formula is C11H20N. The molecule has 1 nitrogen and oxygen atoms in total. The zero-order valence-electron chi connectivity index (χ0n) is 7.94. The van der Waals surface area contributed by atoms with Crippen LogP contribution in [-0.4, -0.2) is 6.04 Å². The van der Waals surface area contributed by atoms with Gasteiger partial charge in [0.25, 0.3) is 0 Å². The molecule has 0 saturated heterocycles. The van der Waals surface area contributed by atoms with E-state index in [0.717, 1.165) is 6.04 Å². The van der Waals surface area contributed by atoms with Crippen LogP contribution >= 0.6 is 0 Å². The van der Waals surface area contributed by atoms with Gasteiger partial charge in [-0.1, -0.05) is 32.1 Å². The highest BCUT2D eigenvalue weighted by molar-refractivity contribution is 4.94. The molecule has 0 aromatic heterocycles. The molecule has 0 heterocycles. The fraction of sp³-hybridized carbons (Fsp3) is 0.909. The minimum atomic E-state index is 0.840. The van der Waals surface area contributed by atoms with Gasteiger partial charge in [0.1, 0.15) is 0 Å². The third-order valence-corrected chi connectivity index (χ3v) is 3.22. The lowest BCUT2D eigenvalue weighted by atomic mass is 9.95. The number of hydrogen-bond donors (Lipinski definition) is 1. The van der Waals surface area contributed by atoms with Gasteiger partial charge in [-0.15, -0.1) is 0 Å². The zero-order chi connectivity index (χ0) is 8.23. The Morgan fingerprint density at radius 2 is 1.50 bits per heavy atom. The molecule has 0 aromatic rings. The average Bonchev–Trinajstić information content (AvgIpc) is 2.59. The Bertz CT molecular complexity index is 121. The summed E-state index contributed by atoms with van der Waals surface area (Å²) in [7, 11) is 0. The van der Waals surface area contributed by atoms with Crippen LogP contribution in [0, 0.1) is 6.04 Å². The first-order valence-electron chi connectivity index (χ1n) is 5.56. The van der Waals surface area contributed by atoms with Crippen molar-refractivity contribution in [2.75, 3.05) is 0 Å². The molecule has 2 saturated carbocycles. The van der Waals surface area contributed by atoms with Crippen molar-refractivity contribution in [1.82, 2.24) is 5.32 Å². The predicted octanol–water partition coefficient (Wildman–Crippen LogP) is 3.01. The van der Waals surface area contributed by atoms with Gasteiger partial charge in [0.15, 0.2) is 0 Å². The van der Waals surface area contributed by atoms with Crippen LogP contribution in [0.15, 0.2) is 0 Å². The van der Waals surface area contributed by atoms with Crippen molar-refractivity contribution < 1.29 is 0 Å². The first-order valence-corrected chi connectivity index (χ1v) is 5.56. The Morgan fingerprint density at radius 3 is 2.17 bits per heavy atom. The predicted molar refractivity (Wildman–Crippen MR) is 51.7 cm³/mol. The minimum absolute atomic E-state index is 0.840. The Kier molecular flexibility index (Phi) is 3.04. The SMILES string of the molecule is C1CCC(N[C]2CCCC2)CC1. The molecule has 0 bridgehead atoms. The molecule has 1 radical (unpaired) electrons. The lowest BCUT2D eigenvalue weighted by Crippen LogP contribution is -2.33. The molecule has 1 heteroatoms. The quantitative estimate of drug-likeness (QED) is 0.665. The maximum atomic E-state index is 3.73. The second kappa shape index (κ2) is 4.27. The lowest BCUT2D eigenvalue weighted by molar-refractivity contribution is 0.374. The third-order valence-electron chi connectivity index (χ3n) is 3.22. The van der Waals surface area contributed by atoms with Crippen molar-refractivity contribution in [2.45, 2.75) is 63.8 Å². The fourth-order valence-corrected chi connectivity index (χ4v) is 2.48. The van der Waals surface area contributed by atoms with Crippen molar-refractivity contribution in [3.8, 4) is 0 Å². The number of nitrogens with one attached hydrogen (secondary N) is 1. The Labute approximate surface area is 75.9 Å². The standard InChI is InChI=1S/C11H20N/c1-2-6-10(7-3-1)12-11-8-4-5-9-11/h10,12H,1-9H2. The Balaban J connectivity index is 1.69. The van der Waals surface area contributed by atoms with Crippen LogP contribution < -0.4 is 5.32 Å². The summed E-state index contributed by atoms with van der Waals surface area (Å²) in [5, 5.41) is 3.73. The van der Waals surface area contributed by atoms with Gasteiger partial charge in [0.2, 0.25) is 0 Å². The molecule has 2 aliphatic carbocycles. The summed E-state index contributed by atoms with van der Waals surface area (Å²) in [4.78, 5) is 0. The van der Waals surface area contributed by atoms with E-state index in [4.69, 9.17) is 0 Å². The molecule has 69 valence electrons. The van der Waals surface area contributed by atoms with Crippen LogP contribution in [-0.2, 0) is 0 Å². The number of rotatable bonds is 2. The van der Waals surface area contributed by atoms with E-state index in [1.807, 2.05) is 0 Å². The first-order chi connectivity index (χ1) is 5.95. The second-order valence-electron chi connectivity index (χ2n) is 4.29. The van der Waals surface area contributed by atoms with Crippen LogP contribution in [0.1, 0.15) is 57.8 Å². The lowest BCUT2D eigenvalue weighted by Gasteiger charge is -2.25. The molecule has 0 atom stereocenters. The van der Waals surface area contributed by atoms with Crippen LogP contribution in [0.3, 0.4) is 0 Å². The van der Waals surface area contributed by atoms with Crippen molar-refractivity contribution in [3.63, 3.8) is 0 Å². The monoisotopic (exact) mass is 166 g/mol. The van der Waals surface area contributed by atoms with E-state index in [2.05, 4.69) is 5.32 Å². The summed E-state index contributed by atoms with van der Waals surface area (Å²) in [6.07, 6.45) is 12.8. The van der Waals surface area contributed by atoms with Gasteiger partial charge >= 0.3 is 0 Å². The van der Waals surface area contributed by atoms with E-state index < -0.39 is 0 Å². The average molecular weight is 166 g/mol. The van der Waals surface area contributed by atoms with E-state index in [1.165, 1.54) is 57.8 Å². The molecule has 0 spiro atoms. The van der Waals surface area contributed by atoms with Gasteiger partial charge in [-0.25, -0.2) is 0 Å². The van der Waals surface area contributed by atoms with Gasteiger partial charge < -0.3 is 5.32 Å². The van der Waals surface area contributed by atoms with E-state index in [9.17, 15) is 0 Å². The third kappa shape index (κ3) is 2.22. The van der Waals surface area contributed by atoms with E-state index >= 15 is 0 Å². The van der Waals surface area contributed by atoms with Crippen molar-refractivity contribution >= 4 is 0 Å². The summed E-state index contributed by atoms with van der Waals surface area (Å²) >= 11 is 0. The molecule has 2 rings (SSSR count). The smallest absolute Gasteiger partial charge is 0.0366 e. The molecule has 2 fully saturated rings. The van der Waals surface area contributed by atoms with Crippen LogP contribution in [0.5, 0.6) is 0 Å². The first kappa shape index (κ1) is 8.55. The number of hydrogen-bond acceptors (Lipinski definition) is 1. The largest absolute Gasteiger partial charge is 0.307 e. The highest BCUT2D eigenvalue weighted by Crippen LogP contribution is 2.27. The second-order valence-corrected chi connectivity index (χ2v) is 4.29. The molecule has 12 heavy (non-hydrogen) atoms. The van der Waals surface area contributed by atoms with Crippen LogP contribution in [0.25, 0.3) is 0 Å². The van der Waals surface area contributed by atoms with Gasteiger partial charge in [0.05, 0.1) is 0 Å². The summed E-state index contributed by atoms with van der Waals surface area (Å²) in [5.41, 5.74) is 0. The summed E-state index contributed by atoms with van der Waals surface area (Å²) < 4.78 is 0. The molecular weight excluding hydrogens is 146 g/mol. The van der Waals surface area contributed by atoms with Gasteiger partial charge in [0, 0.05) is 12.1 Å². The van der Waals surface area contributed by atoms with Crippen molar-refractivity contribution in [1.29, 1.82) is 0 Å². The molecule has 0 aliphatic heterocycles. The van der Waals surface area contributed by atoms with E-state index in [-0.39, 0.29) is 0 Å². The van der Waals surface area contributed by atoms with Gasteiger partial charge in [-0.05, 0) is 25.7 Å². The fourth-order valence-electron chi connectivity index (χ4n) is 2.48. The normalized spacial score (nSPS) is 28.0. The van der Waals surface area contributed by atoms with Crippen molar-refractivity contribution in [3.05, 3.63) is 6.04 Å². The molecule has 0 unspecified atom stereocenters. The molecule has 0 amide bonds. The maximum absolute atomic E-state index is 3.73.